The maximum Gasteiger partial charge on any atom is 0.174 e. The topological polar surface area (TPSA) is 52.6 Å². The first-order valence-corrected chi connectivity index (χ1v) is 5.81. The van der Waals surface area contributed by atoms with Gasteiger partial charge in [-0.15, -0.1) is 0 Å². The van der Waals surface area contributed by atoms with Crippen LogP contribution in [0.3, 0.4) is 0 Å². The van der Waals surface area contributed by atoms with Crippen molar-refractivity contribution in [3.05, 3.63) is 23.3 Å². The normalized spacial score (nSPS) is 10.0. The Hall–Kier alpha value is -1.84. The SMILES string of the molecule is CCC(=O)CC(=O)c1c(C)cc(OC)cc1OC. The molecule has 1 rings (SSSR count). The van der Waals surface area contributed by atoms with Gasteiger partial charge in [-0.1, -0.05) is 6.92 Å². The van der Waals surface area contributed by atoms with E-state index in [0.717, 1.165) is 5.56 Å². The summed E-state index contributed by atoms with van der Waals surface area (Å²) in [7, 11) is 3.04. The smallest absolute Gasteiger partial charge is 0.174 e. The number of aryl methyl sites for hydroxylation is 1. The first-order chi connectivity index (χ1) is 8.53. The fourth-order valence-corrected chi connectivity index (χ4v) is 1.75. The van der Waals surface area contributed by atoms with E-state index in [1.807, 2.05) is 0 Å². The van der Waals surface area contributed by atoms with Crippen molar-refractivity contribution in [3.63, 3.8) is 0 Å². The van der Waals surface area contributed by atoms with Crippen LogP contribution in [0.2, 0.25) is 0 Å². The molecule has 0 N–H and O–H groups in total. The van der Waals surface area contributed by atoms with Gasteiger partial charge < -0.3 is 9.47 Å². The Balaban J connectivity index is 3.14. The molecule has 0 radical (unpaired) electrons. The predicted molar refractivity (Wildman–Crippen MR) is 68.5 cm³/mol. The molecule has 18 heavy (non-hydrogen) atoms. The maximum absolute atomic E-state index is 12.1. The molecule has 1 aromatic carbocycles. The zero-order valence-corrected chi connectivity index (χ0v) is 11.2. The Morgan fingerprint density at radius 2 is 1.83 bits per heavy atom. The Morgan fingerprint density at radius 3 is 2.33 bits per heavy atom. The molecular formula is C14H18O4. The van der Waals surface area contributed by atoms with E-state index in [2.05, 4.69) is 0 Å². The summed E-state index contributed by atoms with van der Waals surface area (Å²) in [6, 6.07) is 3.41. The molecule has 0 aliphatic heterocycles. The van der Waals surface area contributed by atoms with Gasteiger partial charge in [-0.25, -0.2) is 0 Å². The lowest BCUT2D eigenvalue weighted by Gasteiger charge is -2.12. The van der Waals surface area contributed by atoms with E-state index in [4.69, 9.17) is 9.47 Å². The van der Waals surface area contributed by atoms with Crippen LogP contribution in [-0.2, 0) is 4.79 Å². The molecule has 0 aliphatic carbocycles. The van der Waals surface area contributed by atoms with Gasteiger partial charge >= 0.3 is 0 Å². The molecule has 0 spiro atoms. The largest absolute Gasteiger partial charge is 0.497 e. The molecule has 0 unspecified atom stereocenters. The van der Waals surface area contributed by atoms with Gasteiger partial charge in [0, 0.05) is 12.5 Å². The van der Waals surface area contributed by atoms with Crippen LogP contribution in [0.1, 0.15) is 35.7 Å². The molecule has 0 atom stereocenters. The lowest BCUT2D eigenvalue weighted by molar-refractivity contribution is -0.117. The van der Waals surface area contributed by atoms with E-state index >= 15 is 0 Å². The van der Waals surface area contributed by atoms with Crippen molar-refractivity contribution in [2.45, 2.75) is 26.7 Å². The van der Waals surface area contributed by atoms with Crippen LogP contribution in [0.15, 0.2) is 12.1 Å². The molecular weight excluding hydrogens is 232 g/mol. The number of carbonyl (C=O) groups excluding carboxylic acids is 2. The van der Waals surface area contributed by atoms with Crippen LogP contribution < -0.4 is 9.47 Å². The molecule has 0 amide bonds. The summed E-state index contributed by atoms with van der Waals surface area (Å²) < 4.78 is 10.3. The van der Waals surface area contributed by atoms with Crippen LogP contribution in [0.4, 0.5) is 0 Å². The van der Waals surface area contributed by atoms with Crippen molar-refractivity contribution in [2.24, 2.45) is 0 Å². The monoisotopic (exact) mass is 250 g/mol. The molecule has 4 heteroatoms. The second-order valence-corrected chi connectivity index (χ2v) is 4.01. The summed E-state index contributed by atoms with van der Waals surface area (Å²) in [5.41, 5.74) is 1.21. The first kappa shape index (κ1) is 14.2. The molecule has 98 valence electrons. The number of ether oxygens (including phenoxy) is 2. The summed E-state index contributed by atoms with van der Waals surface area (Å²) in [6.07, 6.45) is 0.281. The van der Waals surface area contributed by atoms with Gasteiger partial charge in [0.15, 0.2) is 5.78 Å². The van der Waals surface area contributed by atoms with E-state index in [0.29, 0.717) is 23.5 Å². The summed E-state index contributed by atoms with van der Waals surface area (Å²) in [5, 5.41) is 0. The average Bonchev–Trinajstić information content (AvgIpc) is 2.36. The highest BCUT2D eigenvalue weighted by Crippen LogP contribution is 2.29. The van der Waals surface area contributed by atoms with Gasteiger partial charge in [0.25, 0.3) is 0 Å². The summed E-state index contributed by atoms with van der Waals surface area (Å²) >= 11 is 0. The Kier molecular flexibility index (Phi) is 4.89. The van der Waals surface area contributed by atoms with Crippen LogP contribution >= 0.6 is 0 Å². The molecule has 0 bridgehead atoms. The van der Waals surface area contributed by atoms with E-state index < -0.39 is 0 Å². The predicted octanol–water partition coefficient (Wildman–Crippen LogP) is 2.56. The second-order valence-electron chi connectivity index (χ2n) is 4.01. The van der Waals surface area contributed by atoms with Crippen molar-refractivity contribution in [3.8, 4) is 11.5 Å². The Labute approximate surface area is 107 Å². The number of hydrogen-bond donors (Lipinski definition) is 0. The molecule has 0 aliphatic rings. The third-order valence-electron chi connectivity index (χ3n) is 2.76. The minimum atomic E-state index is -0.209. The van der Waals surface area contributed by atoms with E-state index in [1.165, 1.54) is 7.11 Å². The molecule has 0 saturated heterocycles. The highest BCUT2D eigenvalue weighted by molar-refractivity contribution is 6.10. The van der Waals surface area contributed by atoms with Crippen LogP contribution in [-0.4, -0.2) is 25.8 Å². The van der Waals surface area contributed by atoms with Gasteiger partial charge in [-0.2, -0.15) is 0 Å². The van der Waals surface area contributed by atoms with Gasteiger partial charge in [-0.05, 0) is 18.6 Å². The highest BCUT2D eigenvalue weighted by Gasteiger charge is 2.18. The Bertz CT molecular complexity index is 463. The number of methoxy groups -OCH3 is 2. The lowest BCUT2D eigenvalue weighted by Crippen LogP contribution is -2.10. The zero-order chi connectivity index (χ0) is 13.7. The van der Waals surface area contributed by atoms with Crippen molar-refractivity contribution < 1.29 is 19.1 Å². The van der Waals surface area contributed by atoms with E-state index in [1.54, 1.807) is 33.1 Å². The summed E-state index contributed by atoms with van der Waals surface area (Å²) in [5.74, 6) is 0.791. The quantitative estimate of drug-likeness (QED) is 0.575. The molecule has 4 nitrogen and oxygen atoms in total. The van der Waals surface area contributed by atoms with Crippen molar-refractivity contribution >= 4 is 11.6 Å². The lowest BCUT2D eigenvalue weighted by atomic mass is 9.99. The number of hydrogen-bond acceptors (Lipinski definition) is 4. The Morgan fingerprint density at radius 1 is 1.17 bits per heavy atom. The third-order valence-corrected chi connectivity index (χ3v) is 2.76. The standard InChI is InChI=1S/C14H18O4/c1-5-10(15)7-12(16)14-9(2)6-11(17-3)8-13(14)18-4/h6,8H,5,7H2,1-4H3. The first-order valence-electron chi connectivity index (χ1n) is 5.81. The fourth-order valence-electron chi connectivity index (χ4n) is 1.75. The fraction of sp³-hybridized carbons (Fsp3) is 0.429. The highest BCUT2D eigenvalue weighted by atomic mass is 16.5. The van der Waals surface area contributed by atoms with E-state index in [-0.39, 0.29) is 18.0 Å². The third kappa shape index (κ3) is 3.09. The summed E-state index contributed by atoms with van der Waals surface area (Å²) in [6.45, 7) is 3.54. The number of rotatable bonds is 6. The molecule has 1 aromatic rings. The van der Waals surface area contributed by atoms with Gasteiger partial charge in [-0.3, -0.25) is 9.59 Å². The van der Waals surface area contributed by atoms with Crippen LogP contribution in [0, 0.1) is 6.92 Å². The average molecular weight is 250 g/mol. The van der Waals surface area contributed by atoms with Crippen LogP contribution in [0.5, 0.6) is 11.5 Å². The van der Waals surface area contributed by atoms with Crippen molar-refractivity contribution in [1.82, 2.24) is 0 Å². The molecule has 0 aromatic heterocycles. The van der Waals surface area contributed by atoms with Crippen molar-refractivity contribution in [2.75, 3.05) is 14.2 Å². The van der Waals surface area contributed by atoms with Gasteiger partial charge in [0.1, 0.15) is 17.3 Å². The minimum absolute atomic E-state index is 0.0720. The number of Topliss-reactive ketones (excluding diaryl/α,β-unsaturated/α-hetero) is 2. The molecule has 0 heterocycles. The van der Waals surface area contributed by atoms with Gasteiger partial charge in [0.05, 0.1) is 26.2 Å². The second kappa shape index (κ2) is 6.19. The molecule has 0 fully saturated rings. The van der Waals surface area contributed by atoms with Gasteiger partial charge in [0.2, 0.25) is 0 Å². The number of carbonyl (C=O) groups is 2. The summed E-state index contributed by atoms with van der Waals surface area (Å²) in [4.78, 5) is 23.4. The van der Waals surface area contributed by atoms with E-state index in [9.17, 15) is 9.59 Å². The number of ketones is 2. The number of benzene rings is 1. The minimum Gasteiger partial charge on any atom is -0.497 e. The molecule has 0 saturated carbocycles. The van der Waals surface area contributed by atoms with Crippen LogP contribution in [0.25, 0.3) is 0 Å². The maximum atomic E-state index is 12.1. The zero-order valence-electron chi connectivity index (χ0n) is 11.2. The van der Waals surface area contributed by atoms with Crippen molar-refractivity contribution in [1.29, 1.82) is 0 Å².